The molecular weight excluding hydrogens is 381 g/mol. The molecule has 1 aliphatic rings. The summed E-state index contributed by atoms with van der Waals surface area (Å²) in [4.78, 5) is 27.0. The minimum absolute atomic E-state index is 0.0217. The zero-order chi connectivity index (χ0) is 22.4. The van der Waals surface area contributed by atoms with Crippen molar-refractivity contribution in [3.05, 3.63) is 35.6 Å². The van der Waals surface area contributed by atoms with Crippen LogP contribution in [-0.4, -0.2) is 48.4 Å². The van der Waals surface area contributed by atoms with E-state index in [9.17, 15) is 14.0 Å². The number of hydrogen-bond donors (Lipinski definition) is 2. The van der Waals surface area contributed by atoms with Crippen molar-refractivity contribution in [3.63, 3.8) is 0 Å². The third-order valence-electron chi connectivity index (χ3n) is 6.25. The summed E-state index contributed by atoms with van der Waals surface area (Å²) in [6.45, 7) is 12.6. The van der Waals surface area contributed by atoms with Gasteiger partial charge in [-0.2, -0.15) is 0 Å². The first kappa shape index (κ1) is 24.3. The summed E-state index contributed by atoms with van der Waals surface area (Å²) >= 11 is 0. The van der Waals surface area contributed by atoms with Gasteiger partial charge in [0.25, 0.3) is 0 Å². The van der Waals surface area contributed by atoms with Crippen LogP contribution in [0.4, 0.5) is 4.39 Å². The Morgan fingerprint density at radius 2 is 1.63 bits per heavy atom. The van der Waals surface area contributed by atoms with Gasteiger partial charge in [-0.3, -0.25) is 14.5 Å². The summed E-state index contributed by atoms with van der Waals surface area (Å²) in [6.07, 6.45) is 3.26. The molecule has 1 saturated heterocycles. The molecule has 1 aromatic carbocycles. The molecule has 6 heteroatoms. The molecule has 1 fully saturated rings. The van der Waals surface area contributed by atoms with Gasteiger partial charge in [0, 0.05) is 23.4 Å². The van der Waals surface area contributed by atoms with Gasteiger partial charge >= 0.3 is 0 Å². The maximum absolute atomic E-state index is 13.3. The third-order valence-corrected chi connectivity index (χ3v) is 6.25. The fraction of sp³-hybridized carbons (Fsp3) is 0.667. The average molecular weight is 420 g/mol. The predicted molar refractivity (Wildman–Crippen MR) is 119 cm³/mol. The van der Waals surface area contributed by atoms with Gasteiger partial charge in [-0.05, 0) is 77.2 Å². The smallest absolute Gasteiger partial charge is 0.234 e. The molecular formula is C24H38FN3O2. The number of hydrogen-bond acceptors (Lipinski definition) is 3. The molecule has 0 atom stereocenters. The molecule has 168 valence electrons. The zero-order valence-electron chi connectivity index (χ0n) is 19.2. The van der Waals surface area contributed by atoms with E-state index in [4.69, 9.17) is 0 Å². The molecule has 0 unspecified atom stereocenters. The van der Waals surface area contributed by atoms with Crippen molar-refractivity contribution in [2.45, 2.75) is 71.3 Å². The van der Waals surface area contributed by atoms with Crippen LogP contribution in [0.25, 0.3) is 0 Å². The van der Waals surface area contributed by atoms with E-state index in [1.807, 2.05) is 32.9 Å². The van der Waals surface area contributed by atoms with Gasteiger partial charge in [0.2, 0.25) is 11.8 Å². The normalized spacial score (nSPS) is 16.3. The number of likely N-dealkylation sites (tertiary alicyclic amines) is 1. The van der Waals surface area contributed by atoms with E-state index in [2.05, 4.69) is 29.4 Å². The Morgan fingerprint density at radius 1 is 1.07 bits per heavy atom. The van der Waals surface area contributed by atoms with E-state index in [0.29, 0.717) is 13.1 Å². The van der Waals surface area contributed by atoms with Gasteiger partial charge in [0.1, 0.15) is 5.82 Å². The predicted octanol–water partition coefficient (Wildman–Crippen LogP) is 3.63. The number of benzene rings is 1. The number of carbonyl (C=O) groups is 2. The van der Waals surface area contributed by atoms with Crippen molar-refractivity contribution in [1.82, 2.24) is 15.5 Å². The van der Waals surface area contributed by atoms with Crippen molar-refractivity contribution < 1.29 is 14.0 Å². The molecule has 1 aromatic rings. The Labute approximate surface area is 180 Å². The van der Waals surface area contributed by atoms with Crippen molar-refractivity contribution in [3.8, 4) is 0 Å². The first-order valence-corrected chi connectivity index (χ1v) is 11.2. The molecule has 2 N–H and O–H groups in total. The van der Waals surface area contributed by atoms with Gasteiger partial charge in [-0.1, -0.05) is 26.0 Å². The number of halogens is 1. The molecule has 1 aliphatic heterocycles. The van der Waals surface area contributed by atoms with Crippen molar-refractivity contribution in [2.24, 2.45) is 5.92 Å². The SMILES string of the molecule is CCC(CC)(CNC(=O)C1CCN(CC(=O)NC(C)(C)C)CC1)c1ccc(F)cc1. The first-order chi connectivity index (χ1) is 14.1. The Morgan fingerprint density at radius 3 is 2.13 bits per heavy atom. The summed E-state index contributed by atoms with van der Waals surface area (Å²) < 4.78 is 13.3. The summed E-state index contributed by atoms with van der Waals surface area (Å²) in [5, 5.41) is 6.15. The standard InChI is InChI=1S/C24H38FN3O2/c1-6-24(7-2,19-8-10-20(25)11-9-19)17-26-22(30)18-12-14-28(15-13-18)16-21(29)27-23(3,4)5/h8-11,18H,6-7,12-17H2,1-5H3,(H,26,30)(H,27,29). The second-order valence-corrected chi connectivity index (χ2v) is 9.56. The zero-order valence-corrected chi connectivity index (χ0v) is 19.2. The second kappa shape index (κ2) is 10.4. The molecule has 0 aromatic heterocycles. The fourth-order valence-electron chi connectivity index (χ4n) is 4.23. The molecule has 0 saturated carbocycles. The number of nitrogens with one attached hydrogen (secondary N) is 2. The molecule has 1 heterocycles. The minimum atomic E-state index is -0.244. The van der Waals surface area contributed by atoms with E-state index in [-0.39, 0.29) is 34.5 Å². The Balaban J connectivity index is 1.86. The third kappa shape index (κ3) is 6.79. The number of nitrogens with zero attached hydrogens (tertiary/aromatic N) is 1. The number of carbonyl (C=O) groups excluding carboxylic acids is 2. The van der Waals surface area contributed by atoms with Gasteiger partial charge in [0.15, 0.2) is 0 Å². The van der Waals surface area contributed by atoms with Crippen LogP contribution < -0.4 is 10.6 Å². The van der Waals surface area contributed by atoms with Crippen molar-refractivity contribution in [1.29, 1.82) is 0 Å². The lowest BCUT2D eigenvalue weighted by atomic mass is 9.75. The second-order valence-electron chi connectivity index (χ2n) is 9.56. The van der Waals surface area contributed by atoms with Crippen molar-refractivity contribution >= 4 is 11.8 Å². The van der Waals surface area contributed by atoms with Gasteiger partial charge in [-0.15, -0.1) is 0 Å². The van der Waals surface area contributed by atoms with Crippen LogP contribution in [0.3, 0.4) is 0 Å². The summed E-state index contributed by atoms with van der Waals surface area (Å²) in [6, 6.07) is 6.64. The van der Waals surface area contributed by atoms with E-state index < -0.39 is 0 Å². The molecule has 0 radical (unpaired) electrons. The molecule has 0 bridgehead atoms. The molecule has 0 spiro atoms. The fourth-order valence-corrected chi connectivity index (χ4v) is 4.23. The number of rotatable bonds is 8. The van der Waals surface area contributed by atoms with Gasteiger partial charge in [0.05, 0.1) is 6.54 Å². The van der Waals surface area contributed by atoms with Crippen LogP contribution in [0.1, 0.15) is 65.9 Å². The largest absolute Gasteiger partial charge is 0.355 e. The van der Waals surface area contributed by atoms with Crippen LogP contribution in [-0.2, 0) is 15.0 Å². The maximum Gasteiger partial charge on any atom is 0.234 e. The summed E-state index contributed by atoms with van der Waals surface area (Å²) in [7, 11) is 0. The highest BCUT2D eigenvalue weighted by atomic mass is 19.1. The lowest BCUT2D eigenvalue weighted by molar-refractivity contribution is -0.127. The molecule has 5 nitrogen and oxygen atoms in total. The lowest BCUT2D eigenvalue weighted by Crippen LogP contribution is -2.49. The van der Waals surface area contributed by atoms with Gasteiger partial charge < -0.3 is 10.6 Å². The maximum atomic E-state index is 13.3. The Bertz CT molecular complexity index is 700. The average Bonchev–Trinajstić information content (AvgIpc) is 2.69. The molecule has 0 aliphatic carbocycles. The highest BCUT2D eigenvalue weighted by Crippen LogP contribution is 2.31. The van der Waals surface area contributed by atoms with E-state index in [1.54, 1.807) is 0 Å². The minimum Gasteiger partial charge on any atom is -0.355 e. The van der Waals surface area contributed by atoms with Crippen LogP contribution in [0.5, 0.6) is 0 Å². The Kier molecular flexibility index (Phi) is 8.42. The quantitative estimate of drug-likeness (QED) is 0.676. The summed E-state index contributed by atoms with van der Waals surface area (Å²) in [5.41, 5.74) is 0.647. The van der Waals surface area contributed by atoms with Crippen LogP contribution in [0, 0.1) is 11.7 Å². The number of amides is 2. The monoisotopic (exact) mass is 419 g/mol. The topological polar surface area (TPSA) is 61.4 Å². The van der Waals surface area contributed by atoms with Crippen LogP contribution in [0.2, 0.25) is 0 Å². The molecule has 30 heavy (non-hydrogen) atoms. The van der Waals surface area contributed by atoms with E-state index in [0.717, 1.165) is 44.3 Å². The van der Waals surface area contributed by atoms with Crippen LogP contribution >= 0.6 is 0 Å². The first-order valence-electron chi connectivity index (χ1n) is 11.2. The van der Waals surface area contributed by atoms with Crippen molar-refractivity contribution in [2.75, 3.05) is 26.2 Å². The molecule has 2 amide bonds. The van der Waals surface area contributed by atoms with Crippen LogP contribution in [0.15, 0.2) is 24.3 Å². The molecule has 2 rings (SSSR count). The highest BCUT2D eigenvalue weighted by molar-refractivity contribution is 5.80. The van der Waals surface area contributed by atoms with Gasteiger partial charge in [-0.25, -0.2) is 4.39 Å². The Hall–Kier alpha value is -1.95. The lowest BCUT2D eigenvalue weighted by Gasteiger charge is -2.35. The number of piperidine rings is 1. The van der Waals surface area contributed by atoms with E-state index in [1.165, 1.54) is 12.1 Å². The highest BCUT2D eigenvalue weighted by Gasteiger charge is 2.31. The van der Waals surface area contributed by atoms with E-state index >= 15 is 0 Å². The summed E-state index contributed by atoms with van der Waals surface area (Å²) in [5.74, 6) is -0.152.